The minimum atomic E-state index is -3.15. The molecule has 0 N–H and O–H groups in total. The summed E-state index contributed by atoms with van der Waals surface area (Å²) in [5, 5.41) is 0. The lowest BCUT2D eigenvalue weighted by Crippen LogP contribution is -2.23. The molecule has 26 heavy (non-hydrogen) atoms. The molecule has 2 aliphatic rings. The molecule has 0 unspecified atom stereocenters. The van der Waals surface area contributed by atoms with E-state index in [1.54, 1.807) is 12.1 Å². The van der Waals surface area contributed by atoms with Gasteiger partial charge < -0.3 is 9.47 Å². The molecule has 0 spiro atoms. The van der Waals surface area contributed by atoms with Gasteiger partial charge in [0.05, 0.1) is 4.90 Å². The smallest absolute Gasteiger partial charge is 0.175 e. The van der Waals surface area contributed by atoms with Crippen LogP contribution in [0.3, 0.4) is 0 Å². The molecule has 0 aromatic heterocycles. The van der Waals surface area contributed by atoms with Crippen LogP contribution in [0.15, 0.2) is 47.4 Å². The highest BCUT2D eigenvalue weighted by molar-refractivity contribution is 7.90. The summed E-state index contributed by atoms with van der Waals surface area (Å²) in [6.45, 7) is 3.04. The van der Waals surface area contributed by atoms with Crippen LogP contribution >= 0.6 is 0 Å². The van der Waals surface area contributed by atoms with Crippen LogP contribution in [0.25, 0.3) is 0 Å². The molecule has 0 aliphatic carbocycles. The Kier molecular flexibility index (Phi) is 4.63. The van der Waals surface area contributed by atoms with Gasteiger partial charge in [0.15, 0.2) is 21.3 Å². The van der Waals surface area contributed by atoms with Gasteiger partial charge in [0, 0.05) is 18.8 Å². The quantitative estimate of drug-likeness (QED) is 0.824. The van der Waals surface area contributed by atoms with E-state index >= 15 is 0 Å². The summed E-state index contributed by atoms with van der Waals surface area (Å²) in [5.74, 6) is 1.65. The predicted octanol–water partition coefficient (Wildman–Crippen LogP) is 3.20. The molecule has 2 aromatic rings. The van der Waals surface area contributed by atoms with E-state index in [2.05, 4.69) is 17.0 Å². The van der Waals surface area contributed by atoms with E-state index in [0.29, 0.717) is 24.2 Å². The lowest BCUT2D eigenvalue weighted by molar-refractivity contribution is 0.170. The van der Waals surface area contributed by atoms with E-state index in [1.807, 2.05) is 18.2 Å². The third-order valence-corrected chi connectivity index (χ3v) is 6.18. The molecule has 5 nitrogen and oxygen atoms in total. The number of rotatable bonds is 4. The van der Waals surface area contributed by atoms with Gasteiger partial charge in [0.2, 0.25) is 0 Å². The lowest BCUT2D eigenvalue weighted by Gasteiger charge is -2.26. The van der Waals surface area contributed by atoms with Gasteiger partial charge in [-0.3, -0.25) is 4.90 Å². The fourth-order valence-electron chi connectivity index (χ4n) is 3.74. The molecule has 1 saturated heterocycles. The van der Waals surface area contributed by atoms with Crippen LogP contribution in [0.4, 0.5) is 0 Å². The van der Waals surface area contributed by atoms with Crippen LogP contribution in [0.2, 0.25) is 0 Å². The summed E-state index contributed by atoms with van der Waals surface area (Å²) in [6, 6.07) is 13.8. The first-order chi connectivity index (χ1) is 12.5. The molecular weight excluding hydrogens is 350 g/mol. The van der Waals surface area contributed by atoms with Crippen LogP contribution < -0.4 is 9.47 Å². The Labute approximate surface area is 154 Å². The third-order valence-electron chi connectivity index (χ3n) is 5.05. The Morgan fingerprint density at radius 2 is 1.77 bits per heavy atom. The fraction of sp³-hybridized carbons (Fsp3) is 0.400. The van der Waals surface area contributed by atoms with Crippen molar-refractivity contribution in [2.24, 2.45) is 0 Å². The minimum Gasteiger partial charge on any atom is -0.486 e. The Hall–Kier alpha value is -2.05. The summed E-state index contributed by atoms with van der Waals surface area (Å²) in [5.41, 5.74) is 2.38. The second kappa shape index (κ2) is 6.93. The number of nitrogens with zero attached hydrogens (tertiary/aromatic N) is 1. The van der Waals surface area contributed by atoms with Crippen LogP contribution in [0, 0.1) is 0 Å². The summed E-state index contributed by atoms with van der Waals surface area (Å²) in [6.07, 6.45) is 3.50. The zero-order valence-electron chi connectivity index (χ0n) is 14.8. The molecular formula is C20H23NO4S. The van der Waals surface area contributed by atoms with E-state index in [9.17, 15) is 8.42 Å². The van der Waals surface area contributed by atoms with Crippen LogP contribution in [0.5, 0.6) is 11.5 Å². The molecule has 0 radical (unpaired) electrons. The number of sulfone groups is 1. The van der Waals surface area contributed by atoms with Gasteiger partial charge in [-0.05, 0) is 54.8 Å². The van der Waals surface area contributed by atoms with Crippen molar-refractivity contribution in [2.45, 2.75) is 30.3 Å². The van der Waals surface area contributed by atoms with E-state index in [4.69, 9.17) is 9.47 Å². The zero-order chi connectivity index (χ0) is 18.1. The van der Waals surface area contributed by atoms with E-state index in [1.165, 1.54) is 11.8 Å². The van der Waals surface area contributed by atoms with Crippen molar-refractivity contribution in [1.82, 2.24) is 4.90 Å². The predicted molar refractivity (Wildman–Crippen MR) is 99.4 cm³/mol. The minimum absolute atomic E-state index is 0.348. The van der Waals surface area contributed by atoms with Gasteiger partial charge in [-0.15, -0.1) is 0 Å². The highest BCUT2D eigenvalue weighted by atomic mass is 32.2. The van der Waals surface area contributed by atoms with Gasteiger partial charge in [0.1, 0.15) is 13.2 Å². The second-order valence-electron chi connectivity index (χ2n) is 6.95. The van der Waals surface area contributed by atoms with E-state index in [-0.39, 0.29) is 0 Å². The van der Waals surface area contributed by atoms with Gasteiger partial charge in [0.25, 0.3) is 0 Å². The van der Waals surface area contributed by atoms with Crippen molar-refractivity contribution >= 4 is 9.84 Å². The summed E-state index contributed by atoms with van der Waals surface area (Å²) >= 11 is 0. The SMILES string of the molecule is CS(=O)(=O)c1ccc(CN2CCC[C@@H]2c2ccc3c(c2)OCCO3)cc1. The van der Waals surface area contributed by atoms with Gasteiger partial charge in [-0.25, -0.2) is 8.42 Å². The number of ether oxygens (including phenoxy) is 2. The maximum Gasteiger partial charge on any atom is 0.175 e. The molecule has 2 heterocycles. The first-order valence-corrected chi connectivity index (χ1v) is 10.8. The lowest BCUT2D eigenvalue weighted by atomic mass is 10.0. The van der Waals surface area contributed by atoms with Gasteiger partial charge in [-0.2, -0.15) is 0 Å². The maximum atomic E-state index is 11.6. The maximum absolute atomic E-state index is 11.6. The molecule has 0 bridgehead atoms. The van der Waals surface area contributed by atoms with Crippen molar-refractivity contribution in [3.63, 3.8) is 0 Å². The highest BCUT2D eigenvalue weighted by Crippen LogP contribution is 2.38. The second-order valence-corrected chi connectivity index (χ2v) is 8.96. The molecule has 6 heteroatoms. The van der Waals surface area contributed by atoms with Crippen molar-refractivity contribution in [1.29, 1.82) is 0 Å². The van der Waals surface area contributed by atoms with Crippen molar-refractivity contribution in [2.75, 3.05) is 26.0 Å². The van der Waals surface area contributed by atoms with Crippen molar-refractivity contribution in [3.05, 3.63) is 53.6 Å². The average Bonchev–Trinajstić information content (AvgIpc) is 3.09. The van der Waals surface area contributed by atoms with Crippen molar-refractivity contribution in [3.8, 4) is 11.5 Å². The fourth-order valence-corrected chi connectivity index (χ4v) is 4.37. The van der Waals surface area contributed by atoms with Gasteiger partial charge in [-0.1, -0.05) is 18.2 Å². The largest absolute Gasteiger partial charge is 0.486 e. The zero-order valence-corrected chi connectivity index (χ0v) is 15.7. The third kappa shape index (κ3) is 3.57. The number of hydrogen-bond acceptors (Lipinski definition) is 5. The Morgan fingerprint density at radius 3 is 2.50 bits per heavy atom. The first-order valence-electron chi connectivity index (χ1n) is 8.93. The molecule has 2 aliphatic heterocycles. The average molecular weight is 373 g/mol. The summed E-state index contributed by atoms with van der Waals surface area (Å²) in [7, 11) is -3.15. The molecule has 1 fully saturated rings. The molecule has 138 valence electrons. The number of fused-ring (bicyclic) bond motifs is 1. The Morgan fingerprint density at radius 1 is 1.04 bits per heavy atom. The van der Waals surface area contributed by atoms with E-state index in [0.717, 1.165) is 43.0 Å². The Balaban J connectivity index is 1.52. The topological polar surface area (TPSA) is 55.8 Å². The number of hydrogen-bond donors (Lipinski definition) is 0. The van der Waals surface area contributed by atoms with Crippen LogP contribution in [-0.4, -0.2) is 39.3 Å². The standard InChI is InChI=1S/C20H23NO4S/c1-26(22,23)17-7-4-15(5-8-17)14-21-10-2-3-18(21)16-6-9-19-20(13-16)25-12-11-24-19/h4-9,13,18H,2-3,10-12,14H2,1H3/t18-/m1/s1. The molecule has 4 rings (SSSR count). The first kappa shape index (κ1) is 17.4. The van der Waals surface area contributed by atoms with Crippen molar-refractivity contribution < 1.29 is 17.9 Å². The van der Waals surface area contributed by atoms with E-state index < -0.39 is 9.84 Å². The summed E-state index contributed by atoms with van der Waals surface area (Å²) < 4.78 is 34.6. The van der Waals surface area contributed by atoms with Crippen LogP contribution in [0.1, 0.15) is 30.0 Å². The highest BCUT2D eigenvalue weighted by Gasteiger charge is 2.27. The molecule has 0 saturated carbocycles. The monoisotopic (exact) mass is 373 g/mol. The number of likely N-dealkylation sites (tertiary alicyclic amines) is 1. The van der Waals surface area contributed by atoms with Gasteiger partial charge >= 0.3 is 0 Å². The summed E-state index contributed by atoms with van der Waals surface area (Å²) in [4.78, 5) is 2.81. The Bertz CT molecular complexity index is 893. The number of benzene rings is 2. The molecule has 2 aromatic carbocycles. The normalized spacial score (nSPS) is 20.3. The molecule has 0 amide bonds. The molecule has 1 atom stereocenters. The van der Waals surface area contributed by atoms with Crippen LogP contribution in [-0.2, 0) is 16.4 Å².